The van der Waals surface area contributed by atoms with Gasteiger partial charge in [0, 0.05) is 23.3 Å². The van der Waals surface area contributed by atoms with E-state index in [9.17, 15) is 9.18 Å². The number of aryl methyl sites for hydroxylation is 1. The van der Waals surface area contributed by atoms with Crippen molar-refractivity contribution in [2.24, 2.45) is 0 Å². The van der Waals surface area contributed by atoms with Crippen LogP contribution < -0.4 is 0 Å². The molecule has 0 radical (unpaired) electrons. The summed E-state index contributed by atoms with van der Waals surface area (Å²) in [4.78, 5) is 13.5. The Balaban J connectivity index is 1.92. The van der Waals surface area contributed by atoms with Gasteiger partial charge in [0.05, 0.1) is 5.57 Å². The summed E-state index contributed by atoms with van der Waals surface area (Å²) in [5.41, 5.74) is 8.84. The first-order valence-electron chi connectivity index (χ1n) is 8.89. The van der Waals surface area contributed by atoms with E-state index in [0.29, 0.717) is 18.4 Å². The average molecular weight is 376 g/mol. The quantitative estimate of drug-likeness (QED) is 0.521. The highest BCUT2D eigenvalue weighted by atomic mass is 32.2. The van der Waals surface area contributed by atoms with Crippen LogP contribution in [0.1, 0.15) is 36.5 Å². The van der Waals surface area contributed by atoms with Gasteiger partial charge in [-0.15, -0.1) is 0 Å². The lowest BCUT2D eigenvalue weighted by Gasteiger charge is -2.15. The number of hydrogen-bond acceptors (Lipinski definition) is 2. The Bertz CT molecular complexity index is 972. The number of halogens is 1. The number of benzene rings is 2. The predicted octanol–water partition coefficient (Wildman–Crippen LogP) is 6.71. The second-order valence-electron chi connectivity index (χ2n) is 6.50. The first kappa shape index (κ1) is 19.2. The van der Waals surface area contributed by atoms with Gasteiger partial charge < -0.3 is 0 Å². The van der Waals surface area contributed by atoms with Crippen LogP contribution >= 0.6 is 11.8 Å². The van der Waals surface area contributed by atoms with Gasteiger partial charge in [0.15, 0.2) is 5.78 Å². The number of carbonyl (C=O) groups excluding carboxylic acids is 1. The Hall–Kier alpha value is -2.61. The topological polar surface area (TPSA) is 17.1 Å². The summed E-state index contributed by atoms with van der Waals surface area (Å²) in [6.07, 6.45) is 1.01. The van der Waals surface area contributed by atoms with Gasteiger partial charge in [-0.05, 0) is 41.2 Å². The number of thioether (sulfide) groups is 1. The predicted molar refractivity (Wildman–Crippen MR) is 113 cm³/mol. The van der Waals surface area contributed by atoms with Gasteiger partial charge in [0.2, 0.25) is 0 Å². The first-order valence-corrected chi connectivity index (χ1v) is 9.77. The lowest BCUT2D eigenvalue weighted by molar-refractivity contribution is -0.114. The molecular weight excluding hydrogens is 355 g/mol. The van der Waals surface area contributed by atoms with Crippen molar-refractivity contribution in [3.63, 3.8) is 0 Å². The van der Waals surface area contributed by atoms with E-state index in [0.717, 1.165) is 27.2 Å². The standard InChI is InChI=1S/C24H21FOS/c1-4-24(26)22-14-21(13-17(3)18-9-11-20(25)12-10-18)27-15-23(22)19-7-5-16(2)6-8-19/h5-12,15H,3-4,13H2,1-2H3. The fourth-order valence-corrected chi connectivity index (χ4v) is 3.77. The zero-order valence-corrected chi connectivity index (χ0v) is 16.3. The normalized spacial score (nSPS) is 13.5. The highest BCUT2D eigenvalue weighted by Crippen LogP contribution is 2.37. The van der Waals surface area contributed by atoms with Crippen molar-refractivity contribution in [3.8, 4) is 0 Å². The Morgan fingerprint density at radius 2 is 1.78 bits per heavy atom. The number of hydrogen-bond donors (Lipinski definition) is 0. The average Bonchev–Trinajstić information content (AvgIpc) is 2.68. The highest BCUT2D eigenvalue weighted by Gasteiger charge is 2.19. The second-order valence-corrected chi connectivity index (χ2v) is 7.47. The third-order valence-electron chi connectivity index (χ3n) is 4.44. The van der Waals surface area contributed by atoms with E-state index in [2.05, 4.69) is 12.3 Å². The molecule has 1 heterocycles. The number of rotatable bonds is 6. The molecule has 3 rings (SSSR count). The summed E-state index contributed by atoms with van der Waals surface area (Å²) in [6, 6.07) is 14.5. The molecule has 0 saturated heterocycles. The first-order chi connectivity index (χ1) is 13.0. The fourth-order valence-electron chi connectivity index (χ4n) is 2.83. The summed E-state index contributed by atoms with van der Waals surface area (Å²) in [5, 5.41) is 2.03. The van der Waals surface area contributed by atoms with Crippen molar-refractivity contribution >= 4 is 28.7 Å². The molecule has 27 heavy (non-hydrogen) atoms. The van der Waals surface area contributed by atoms with Crippen molar-refractivity contribution < 1.29 is 9.18 Å². The zero-order valence-electron chi connectivity index (χ0n) is 15.5. The molecular formula is C24H21FOS. The van der Waals surface area contributed by atoms with Crippen molar-refractivity contribution in [1.29, 1.82) is 0 Å². The van der Waals surface area contributed by atoms with E-state index in [1.807, 2.05) is 43.5 Å². The molecule has 136 valence electrons. The SMILES string of the molecule is C=C(CC1=C=C(C(=O)CC)C(c2ccc(C)cc2)=CS1)c1ccc(F)cc1. The molecule has 1 nitrogen and oxygen atoms in total. The maximum absolute atomic E-state index is 13.1. The van der Waals surface area contributed by atoms with E-state index >= 15 is 0 Å². The molecule has 1 aliphatic rings. The van der Waals surface area contributed by atoms with E-state index < -0.39 is 0 Å². The fraction of sp³-hybridized carbons (Fsp3) is 0.167. The van der Waals surface area contributed by atoms with Gasteiger partial charge >= 0.3 is 0 Å². The number of Topliss-reactive ketones (excluding diaryl/α,β-unsaturated/α-hetero) is 1. The third-order valence-corrected chi connectivity index (χ3v) is 5.33. The molecule has 0 aromatic heterocycles. The minimum Gasteiger partial charge on any atom is -0.293 e. The molecule has 0 bridgehead atoms. The van der Waals surface area contributed by atoms with Crippen molar-refractivity contribution in [2.75, 3.05) is 0 Å². The van der Waals surface area contributed by atoms with E-state index in [-0.39, 0.29) is 11.6 Å². The van der Waals surface area contributed by atoms with Crippen LogP contribution in [0.5, 0.6) is 0 Å². The second kappa shape index (κ2) is 8.39. The van der Waals surface area contributed by atoms with Gasteiger partial charge in [-0.2, -0.15) is 0 Å². The largest absolute Gasteiger partial charge is 0.293 e. The summed E-state index contributed by atoms with van der Waals surface area (Å²) in [7, 11) is 0. The summed E-state index contributed by atoms with van der Waals surface area (Å²) < 4.78 is 13.1. The maximum Gasteiger partial charge on any atom is 0.170 e. The van der Waals surface area contributed by atoms with E-state index in [4.69, 9.17) is 0 Å². The minimum atomic E-state index is -0.265. The monoisotopic (exact) mass is 376 g/mol. The molecule has 0 aliphatic carbocycles. The number of ketones is 1. The van der Waals surface area contributed by atoms with Crippen molar-refractivity contribution in [1.82, 2.24) is 0 Å². The smallest absolute Gasteiger partial charge is 0.170 e. The summed E-state index contributed by atoms with van der Waals surface area (Å²) in [5.74, 6) is -0.189. The van der Waals surface area contributed by atoms with E-state index in [1.54, 1.807) is 23.9 Å². The van der Waals surface area contributed by atoms with Gasteiger partial charge in [0.1, 0.15) is 5.82 Å². The van der Waals surface area contributed by atoms with Gasteiger partial charge in [0.25, 0.3) is 0 Å². The molecule has 0 spiro atoms. The summed E-state index contributed by atoms with van der Waals surface area (Å²) in [6.45, 7) is 8.02. The Labute approximate surface area is 164 Å². The van der Waals surface area contributed by atoms with Crippen LogP contribution in [0.3, 0.4) is 0 Å². The highest BCUT2D eigenvalue weighted by molar-refractivity contribution is 8.06. The van der Waals surface area contributed by atoms with Crippen LogP contribution in [0.4, 0.5) is 4.39 Å². The molecule has 0 N–H and O–H groups in total. The number of carbonyl (C=O) groups is 1. The Morgan fingerprint density at radius 1 is 1.11 bits per heavy atom. The molecule has 0 unspecified atom stereocenters. The number of allylic oxidation sites excluding steroid dienone is 3. The molecule has 1 aliphatic heterocycles. The molecule has 3 heteroatoms. The lowest BCUT2D eigenvalue weighted by Crippen LogP contribution is -2.04. The molecule has 2 aromatic carbocycles. The molecule has 0 fully saturated rings. The van der Waals surface area contributed by atoms with Crippen LogP contribution in [-0.4, -0.2) is 5.78 Å². The zero-order chi connectivity index (χ0) is 19.4. The van der Waals surface area contributed by atoms with Crippen LogP contribution in [-0.2, 0) is 4.79 Å². The van der Waals surface area contributed by atoms with Crippen LogP contribution in [0.2, 0.25) is 0 Å². The molecule has 0 amide bonds. The van der Waals surface area contributed by atoms with E-state index in [1.165, 1.54) is 17.7 Å². The minimum absolute atomic E-state index is 0.0759. The molecule has 0 atom stereocenters. The molecule has 2 aromatic rings. The van der Waals surface area contributed by atoms with Gasteiger partial charge in [-0.3, -0.25) is 4.79 Å². The summed E-state index contributed by atoms with van der Waals surface area (Å²) >= 11 is 1.56. The molecule has 0 saturated carbocycles. The Morgan fingerprint density at radius 3 is 2.41 bits per heavy atom. The van der Waals surface area contributed by atoms with Crippen molar-refractivity contribution in [2.45, 2.75) is 26.7 Å². The maximum atomic E-state index is 13.1. The van der Waals surface area contributed by atoms with Crippen LogP contribution in [0.25, 0.3) is 11.1 Å². The Kier molecular flexibility index (Phi) is 5.95. The van der Waals surface area contributed by atoms with Gasteiger partial charge in [-0.25, -0.2) is 4.39 Å². The van der Waals surface area contributed by atoms with Gasteiger partial charge in [-0.1, -0.05) is 73.0 Å². The lowest BCUT2D eigenvalue weighted by atomic mass is 9.94. The van der Waals surface area contributed by atoms with Crippen molar-refractivity contribution in [3.05, 3.63) is 99.2 Å². The van der Waals surface area contributed by atoms with Crippen LogP contribution in [0, 0.1) is 12.7 Å². The third kappa shape index (κ3) is 4.57. The van der Waals surface area contributed by atoms with Crippen LogP contribution in [0.15, 0.2) is 76.7 Å².